The molecule has 1 aromatic rings. The Morgan fingerprint density at radius 1 is 1.22 bits per heavy atom. The molecule has 0 saturated heterocycles. The van der Waals surface area contributed by atoms with Gasteiger partial charge in [-0.25, -0.2) is 0 Å². The fraction of sp³-hybridized carbons (Fsp3) is 0.688. The molecule has 126 valence electrons. The Hall–Kier alpha value is -1.89. The third-order valence-corrected chi connectivity index (χ3v) is 4.58. The average Bonchev–Trinajstić information content (AvgIpc) is 3.20. The molecule has 1 heterocycles. The zero-order chi connectivity index (χ0) is 16.2. The number of nitrogens with one attached hydrogen (secondary N) is 2. The molecule has 2 amide bonds. The van der Waals surface area contributed by atoms with Crippen LogP contribution >= 0.6 is 0 Å². The Labute approximate surface area is 136 Å². The highest BCUT2D eigenvalue weighted by Gasteiger charge is 2.25. The lowest BCUT2D eigenvalue weighted by atomic mass is 9.83. The molecular weight excluding hydrogens is 294 g/mol. The number of anilines is 1. The van der Waals surface area contributed by atoms with Crippen LogP contribution in [-0.2, 0) is 16.1 Å². The normalized spacial score (nSPS) is 24.2. The number of carbonyl (C=O) groups excluding carboxylic acids is 2. The zero-order valence-electron chi connectivity index (χ0n) is 13.3. The van der Waals surface area contributed by atoms with Crippen molar-refractivity contribution in [1.82, 2.24) is 15.1 Å². The van der Waals surface area contributed by atoms with Crippen LogP contribution in [0.1, 0.15) is 44.9 Å². The van der Waals surface area contributed by atoms with Crippen molar-refractivity contribution in [2.24, 2.45) is 11.7 Å². The summed E-state index contributed by atoms with van der Waals surface area (Å²) in [5.74, 6) is 0.194. The number of hydrogen-bond acceptors (Lipinski definition) is 4. The molecule has 23 heavy (non-hydrogen) atoms. The third kappa shape index (κ3) is 4.79. The molecule has 0 aliphatic heterocycles. The minimum Gasteiger partial charge on any atom is -0.352 e. The van der Waals surface area contributed by atoms with Crippen LogP contribution in [-0.4, -0.2) is 33.7 Å². The van der Waals surface area contributed by atoms with Gasteiger partial charge in [0.05, 0.1) is 11.9 Å². The number of aromatic nitrogens is 2. The maximum absolute atomic E-state index is 12.1. The highest BCUT2D eigenvalue weighted by atomic mass is 16.2. The Bertz CT molecular complexity index is 567. The van der Waals surface area contributed by atoms with E-state index in [1.807, 2.05) is 0 Å². The number of nitrogens with two attached hydrogens (primary N) is 1. The van der Waals surface area contributed by atoms with Crippen LogP contribution in [0.25, 0.3) is 0 Å². The fourth-order valence-corrected chi connectivity index (χ4v) is 3.10. The predicted octanol–water partition coefficient (Wildman–Crippen LogP) is 1.01. The standard InChI is InChI=1S/C16H25N5O2/c17-14-4-2-1-3-11(14)7-15(22)20-13-8-18-21(9-13)10-16(23)19-12-5-6-12/h8-9,11-12,14H,1-7,10,17H2,(H,19,23)(H,20,22). The van der Waals surface area contributed by atoms with Crippen molar-refractivity contribution in [1.29, 1.82) is 0 Å². The van der Waals surface area contributed by atoms with Gasteiger partial charge in [-0.15, -0.1) is 0 Å². The molecular formula is C16H25N5O2. The molecule has 2 saturated carbocycles. The molecule has 2 aliphatic carbocycles. The van der Waals surface area contributed by atoms with E-state index in [1.54, 1.807) is 17.1 Å². The van der Waals surface area contributed by atoms with Gasteiger partial charge in [0.25, 0.3) is 0 Å². The summed E-state index contributed by atoms with van der Waals surface area (Å²) in [5.41, 5.74) is 6.71. The molecule has 2 unspecified atom stereocenters. The van der Waals surface area contributed by atoms with Crippen LogP contribution in [0.4, 0.5) is 5.69 Å². The van der Waals surface area contributed by atoms with E-state index in [-0.39, 0.29) is 30.3 Å². The van der Waals surface area contributed by atoms with Crippen molar-refractivity contribution in [3.63, 3.8) is 0 Å². The van der Waals surface area contributed by atoms with Crippen molar-refractivity contribution in [2.45, 2.75) is 63.6 Å². The molecule has 1 aromatic heterocycles. The fourth-order valence-electron chi connectivity index (χ4n) is 3.10. The van der Waals surface area contributed by atoms with Crippen molar-refractivity contribution in [3.8, 4) is 0 Å². The van der Waals surface area contributed by atoms with Crippen LogP contribution in [0.2, 0.25) is 0 Å². The molecule has 0 aromatic carbocycles. The first-order chi connectivity index (χ1) is 11.1. The molecule has 2 fully saturated rings. The van der Waals surface area contributed by atoms with Gasteiger partial charge >= 0.3 is 0 Å². The zero-order valence-corrected chi connectivity index (χ0v) is 13.3. The van der Waals surface area contributed by atoms with Crippen LogP contribution in [0, 0.1) is 5.92 Å². The molecule has 0 radical (unpaired) electrons. The van der Waals surface area contributed by atoms with E-state index in [0.29, 0.717) is 18.2 Å². The van der Waals surface area contributed by atoms with Gasteiger partial charge in [-0.3, -0.25) is 14.3 Å². The van der Waals surface area contributed by atoms with Gasteiger partial charge in [0.1, 0.15) is 6.54 Å². The lowest BCUT2D eigenvalue weighted by molar-refractivity contribution is -0.122. The van der Waals surface area contributed by atoms with Gasteiger partial charge in [-0.1, -0.05) is 12.8 Å². The van der Waals surface area contributed by atoms with Crippen molar-refractivity contribution < 1.29 is 9.59 Å². The monoisotopic (exact) mass is 319 g/mol. The lowest BCUT2D eigenvalue weighted by Crippen LogP contribution is -2.35. The summed E-state index contributed by atoms with van der Waals surface area (Å²) >= 11 is 0. The molecule has 2 aliphatic rings. The second kappa shape index (κ2) is 7.12. The topological polar surface area (TPSA) is 102 Å². The van der Waals surface area contributed by atoms with Gasteiger partial charge in [0.2, 0.25) is 11.8 Å². The van der Waals surface area contributed by atoms with Gasteiger partial charge in [0.15, 0.2) is 0 Å². The molecule has 0 bridgehead atoms. The lowest BCUT2D eigenvalue weighted by Gasteiger charge is -2.27. The van der Waals surface area contributed by atoms with E-state index in [2.05, 4.69) is 15.7 Å². The Morgan fingerprint density at radius 3 is 2.74 bits per heavy atom. The Morgan fingerprint density at radius 2 is 2.00 bits per heavy atom. The minimum absolute atomic E-state index is 0.0330. The summed E-state index contributed by atoms with van der Waals surface area (Å²) in [6.45, 7) is 0.180. The number of nitrogens with zero attached hydrogens (tertiary/aromatic N) is 2. The van der Waals surface area contributed by atoms with Crippen molar-refractivity contribution in [3.05, 3.63) is 12.4 Å². The van der Waals surface area contributed by atoms with Crippen LogP contribution in [0.5, 0.6) is 0 Å². The van der Waals surface area contributed by atoms with Crippen LogP contribution in [0.3, 0.4) is 0 Å². The summed E-state index contributed by atoms with van der Waals surface area (Å²) in [7, 11) is 0. The van der Waals surface area contributed by atoms with Gasteiger partial charge in [-0.2, -0.15) is 5.10 Å². The first-order valence-electron chi connectivity index (χ1n) is 8.47. The maximum atomic E-state index is 12.1. The SMILES string of the molecule is NC1CCCCC1CC(=O)Nc1cnn(CC(=O)NC2CC2)c1. The predicted molar refractivity (Wildman–Crippen MR) is 86.6 cm³/mol. The molecule has 0 spiro atoms. The highest BCUT2D eigenvalue weighted by molar-refractivity contribution is 5.90. The quantitative estimate of drug-likeness (QED) is 0.728. The molecule has 3 rings (SSSR count). The van der Waals surface area contributed by atoms with Crippen LogP contribution < -0.4 is 16.4 Å². The minimum atomic E-state index is -0.0401. The van der Waals surface area contributed by atoms with E-state index >= 15 is 0 Å². The maximum Gasteiger partial charge on any atom is 0.241 e. The van der Waals surface area contributed by atoms with Gasteiger partial charge < -0.3 is 16.4 Å². The largest absolute Gasteiger partial charge is 0.352 e. The third-order valence-electron chi connectivity index (χ3n) is 4.58. The molecule has 7 nitrogen and oxygen atoms in total. The summed E-state index contributed by atoms with van der Waals surface area (Å²) < 4.78 is 1.54. The number of hydrogen-bond donors (Lipinski definition) is 3. The second-order valence-corrected chi connectivity index (χ2v) is 6.73. The Kier molecular flexibility index (Phi) is 4.95. The van der Waals surface area contributed by atoms with E-state index in [0.717, 1.165) is 38.5 Å². The summed E-state index contributed by atoms with van der Waals surface area (Å²) in [6.07, 6.45) is 10.2. The first kappa shape index (κ1) is 16.0. The summed E-state index contributed by atoms with van der Waals surface area (Å²) in [4.78, 5) is 23.8. The van der Waals surface area contributed by atoms with E-state index in [4.69, 9.17) is 5.73 Å². The number of carbonyl (C=O) groups is 2. The van der Waals surface area contributed by atoms with E-state index in [1.165, 1.54) is 0 Å². The van der Waals surface area contributed by atoms with Crippen molar-refractivity contribution in [2.75, 3.05) is 5.32 Å². The summed E-state index contributed by atoms with van der Waals surface area (Å²) in [6, 6.07) is 0.472. The van der Waals surface area contributed by atoms with E-state index in [9.17, 15) is 9.59 Å². The van der Waals surface area contributed by atoms with Crippen molar-refractivity contribution >= 4 is 17.5 Å². The smallest absolute Gasteiger partial charge is 0.241 e. The number of rotatable bonds is 6. The average molecular weight is 319 g/mol. The van der Waals surface area contributed by atoms with Gasteiger partial charge in [-0.05, 0) is 31.6 Å². The highest BCUT2D eigenvalue weighted by Crippen LogP contribution is 2.26. The molecule has 4 N–H and O–H groups in total. The molecule has 7 heteroatoms. The Balaban J connectivity index is 1.45. The van der Waals surface area contributed by atoms with E-state index < -0.39 is 0 Å². The summed E-state index contributed by atoms with van der Waals surface area (Å²) in [5, 5.41) is 9.87. The first-order valence-corrected chi connectivity index (χ1v) is 8.47. The second-order valence-electron chi connectivity index (χ2n) is 6.73. The van der Waals surface area contributed by atoms with Crippen LogP contribution in [0.15, 0.2) is 12.4 Å². The number of amides is 2. The van der Waals surface area contributed by atoms with Gasteiger partial charge in [0, 0.05) is 24.7 Å². The molecule has 2 atom stereocenters.